The van der Waals surface area contributed by atoms with Crippen LogP contribution < -0.4 is 0 Å². The van der Waals surface area contributed by atoms with Gasteiger partial charge < -0.3 is 0 Å². The van der Waals surface area contributed by atoms with Crippen molar-refractivity contribution in [3.63, 3.8) is 0 Å². The fourth-order valence-electron chi connectivity index (χ4n) is 5.77. The van der Waals surface area contributed by atoms with Crippen molar-refractivity contribution in [2.75, 3.05) is 0 Å². The third-order valence-electron chi connectivity index (χ3n) is 7.03. The second-order valence-electron chi connectivity index (χ2n) is 7.05. The molecule has 16 heavy (non-hydrogen) atoms. The van der Waals surface area contributed by atoms with Crippen molar-refractivity contribution in [2.45, 2.75) is 53.4 Å². The highest BCUT2D eigenvalue weighted by Crippen LogP contribution is 2.74. The van der Waals surface area contributed by atoms with Gasteiger partial charge in [-0.3, -0.25) is 4.79 Å². The lowest BCUT2D eigenvalue weighted by atomic mass is 9.65. The Hall–Kier alpha value is -0.330. The second kappa shape index (κ2) is 2.91. The van der Waals surface area contributed by atoms with Gasteiger partial charge in [-0.1, -0.05) is 20.8 Å². The van der Waals surface area contributed by atoms with Crippen molar-refractivity contribution in [3.8, 4) is 0 Å². The van der Waals surface area contributed by atoms with Gasteiger partial charge >= 0.3 is 0 Å². The molecular weight excluding hydrogens is 196 g/mol. The first-order chi connectivity index (χ1) is 7.43. The fraction of sp³-hybridized carbons (Fsp3) is 0.933. The predicted molar refractivity (Wildman–Crippen MR) is 65.0 cm³/mol. The molecule has 1 nitrogen and oxygen atoms in total. The summed E-state index contributed by atoms with van der Waals surface area (Å²) in [6.07, 6.45) is 5.59. The van der Waals surface area contributed by atoms with Crippen LogP contribution in [0.1, 0.15) is 53.4 Å². The average molecular weight is 220 g/mol. The Balaban J connectivity index is 2.09. The fourth-order valence-corrected chi connectivity index (χ4v) is 5.77. The first-order valence-electron chi connectivity index (χ1n) is 6.94. The minimum atomic E-state index is -0.0193. The number of carbonyl (C=O) groups is 1. The molecule has 0 aromatic carbocycles. The van der Waals surface area contributed by atoms with E-state index in [4.69, 9.17) is 0 Å². The van der Waals surface area contributed by atoms with Crippen LogP contribution in [0.2, 0.25) is 0 Å². The standard InChI is InChI=1S/C15H24O/c1-9-10(2)15-6-5-12(8-15)7-13(15)14(9,4)11(3)16/h9-10,12-13H,5-8H2,1-4H3/t9?,10-,12-,13?,14-,15?/m0/s1. The van der Waals surface area contributed by atoms with Gasteiger partial charge in [-0.25, -0.2) is 0 Å². The Kier molecular flexibility index (Phi) is 1.97. The first kappa shape index (κ1) is 10.8. The lowest BCUT2D eigenvalue weighted by Gasteiger charge is -2.37. The molecule has 0 amide bonds. The van der Waals surface area contributed by atoms with Gasteiger partial charge in [0, 0.05) is 5.41 Å². The molecular formula is C15H24O. The molecule has 0 N–H and O–H groups in total. The van der Waals surface area contributed by atoms with Crippen LogP contribution in [0.25, 0.3) is 0 Å². The molecule has 0 radical (unpaired) electrons. The molecule has 3 unspecified atom stereocenters. The third-order valence-corrected chi connectivity index (χ3v) is 7.03. The molecule has 3 aliphatic carbocycles. The molecule has 2 bridgehead atoms. The molecule has 1 spiro atoms. The van der Waals surface area contributed by atoms with E-state index in [2.05, 4.69) is 20.8 Å². The summed E-state index contributed by atoms with van der Waals surface area (Å²) in [5.74, 6) is 3.41. The minimum absolute atomic E-state index is 0.0193. The summed E-state index contributed by atoms with van der Waals surface area (Å²) in [5.41, 5.74) is 0.527. The van der Waals surface area contributed by atoms with Crippen molar-refractivity contribution in [1.29, 1.82) is 0 Å². The molecule has 3 saturated carbocycles. The highest BCUT2D eigenvalue weighted by molar-refractivity contribution is 5.83. The first-order valence-corrected chi connectivity index (χ1v) is 6.94. The SMILES string of the molecule is CC(=O)[C@]1(C)C(C)[C@H](C)C23CC[C@@H](CC21)C3. The highest BCUT2D eigenvalue weighted by Gasteiger charge is 2.69. The number of ketones is 1. The molecule has 0 heterocycles. The summed E-state index contributed by atoms with van der Waals surface area (Å²) in [5, 5.41) is 0. The summed E-state index contributed by atoms with van der Waals surface area (Å²) in [6.45, 7) is 8.83. The molecule has 0 aromatic rings. The van der Waals surface area contributed by atoms with E-state index in [1.165, 1.54) is 25.7 Å². The maximum atomic E-state index is 12.1. The maximum Gasteiger partial charge on any atom is 0.136 e. The van der Waals surface area contributed by atoms with Crippen molar-refractivity contribution in [3.05, 3.63) is 0 Å². The number of carbonyl (C=O) groups excluding carboxylic acids is 1. The van der Waals surface area contributed by atoms with E-state index in [0.29, 0.717) is 23.0 Å². The molecule has 6 atom stereocenters. The predicted octanol–water partition coefficient (Wildman–Crippen LogP) is 3.67. The van der Waals surface area contributed by atoms with E-state index < -0.39 is 0 Å². The van der Waals surface area contributed by atoms with Gasteiger partial charge in [0.2, 0.25) is 0 Å². The smallest absolute Gasteiger partial charge is 0.136 e. The van der Waals surface area contributed by atoms with Gasteiger partial charge in [0.25, 0.3) is 0 Å². The van der Waals surface area contributed by atoms with Gasteiger partial charge in [0.05, 0.1) is 0 Å². The van der Waals surface area contributed by atoms with Gasteiger partial charge in [0.1, 0.15) is 5.78 Å². The molecule has 0 saturated heterocycles. The number of fused-ring (bicyclic) bond motifs is 1. The topological polar surface area (TPSA) is 17.1 Å². The van der Waals surface area contributed by atoms with E-state index in [9.17, 15) is 4.79 Å². The van der Waals surface area contributed by atoms with E-state index in [-0.39, 0.29) is 5.41 Å². The highest BCUT2D eigenvalue weighted by atomic mass is 16.1. The molecule has 1 heteroatoms. The summed E-state index contributed by atoms with van der Waals surface area (Å²) < 4.78 is 0. The van der Waals surface area contributed by atoms with Crippen molar-refractivity contribution < 1.29 is 4.79 Å². The minimum Gasteiger partial charge on any atom is -0.299 e. The summed E-state index contributed by atoms with van der Waals surface area (Å²) in [7, 11) is 0. The zero-order valence-corrected chi connectivity index (χ0v) is 11.0. The number of Topliss-reactive ketones (excluding diaryl/α,β-unsaturated/α-hetero) is 1. The van der Waals surface area contributed by atoms with Crippen molar-refractivity contribution >= 4 is 5.78 Å². The molecule has 3 fully saturated rings. The number of hydrogen-bond acceptors (Lipinski definition) is 1. The zero-order chi connectivity index (χ0) is 11.7. The molecule has 90 valence electrons. The van der Waals surface area contributed by atoms with Gasteiger partial charge in [-0.15, -0.1) is 0 Å². The van der Waals surface area contributed by atoms with Crippen LogP contribution in [-0.2, 0) is 4.79 Å². The third kappa shape index (κ3) is 0.926. The quantitative estimate of drug-likeness (QED) is 0.659. The summed E-state index contributed by atoms with van der Waals surface area (Å²) >= 11 is 0. The van der Waals surface area contributed by atoms with E-state index in [0.717, 1.165) is 11.8 Å². The maximum absolute atomic E-state index is 12.1. The zero-order valence-electron chi connectivity index (χ0n) is 11.0. The number of hydrogen-bond donors (Lipinski definition) is 0. The Morgan fingerprint density at radius 1 is 1.25 bits per heavy atom. The van der Waals surface area contributed by atoms with Crippen LogP contribution in [-0.4, -0.2) is 5.78 Å². The molecule has 0 aliphatic heterocycles. The second-order valence-corrected chi connectivity index (χ2v) is 7.05. The van der Waals surface area contributed by atoms with Gasteiger partial charge in [-0.2, -0.15) is 0 Å². The normalized spacial score (nSPS) is 59.0. The average Bonchev–Trinajstić information content (AvgIpc) is 2.87. The van der Waals surface area contributed by atoms with Crippen LogP contribution in [0.5, 0.6) is 0 Å². The molecule has 3 rings (SSSR count). The van der Waals surface area contributed by atoms with Gasteiger partial charge in [0.15, 0.2) is 0 Å². The van der Waals surface area contributed by atoms with Crippen LogP contribution in [0.4, 0.5) is 0 Å². The van der Waals surface area contributed by atoms with E-state index in [1.54, 1.807) is 0 Å². The lowest BCUT2D eigenvalue weighted by molar-refractivity contribution is -0.130. The molecule has 0 aromatic heterocycles. The van der Waals surface area contributed by atoms with Crippen LogP contribution in [0.3, 0.4) is 0 Å². The summed E-state index contributed by atoms with van der Waals surface area (Å²) in [4.78, 5) is 12.1. The van der Waals surface area contributed by atoms with E-state index in [1.807, 2.05) is 6.92 Å². The van der Waals surface area contributed by atoms with Crippen LogP contribution in [0, 0.1) is 34.5 Å². The Morgan fingerprint density at radius 3 is 2.50 bits per heavy atom. The molecule has 3 aliphatic rings. The van der Waals surface area contributed by atoms with Crippen LogP contribution in [0.15, 0.2) is 0 Å². The van der Waals surface area contributed by atoms with Gasteiger partial charge in [-0.05, 0) is 61.7 Å². The number of rotatable bonds is 1. The summed E-state index contributed by atoms with van der Waals surface area (Å²) in [6, 6.07) is 0. The van der Waals surface area contributed by atoms with Crippen LogP contribution >= 0.6 is 0 Å². The lowest BCUT2D eigenvalue weighted by Crippen LogP contribution is -2.37. The largest absolute Gasteiger partial charge is 0.299 e. The van der Waals surface area contributed by atoms with E-state index >= 15 is 0 Å². The Labute approximate surface area is 99.0 Å². The van der Waals surface area contributed by atoms with Crippen molar-refractivity contribution in [1.82, 2.24) is 0 Å². The monoisotopic (exact) mass is 220 g/mol. The van der Waals surface area contributed by atoms with Crippen molar-refractivity contribution in [2.24, 2.45) is 34.5 Å². The Morgan fingerprint density at radius 2 is 1.94 bits per heavy atom. The Bertz CT molecular complexity index is 347.